The summed E-state index contributed by atoms with van der Waals surface area (Å²) in [5, 5.41) is 0.905. The van der Waals surface area contributed by atoms with Crippen LogP contribution in [0.5, 0.6) is 0 Å². The number of benzene rings is 1. The van der Waals surface area contributed by atoms with E-state index in [1.54, 1.807) is 29.7 Å². The second-order valence-electron chi connectivity index (χ2n) is 8.99. The maximum Gasteiger partial charge on any atom is 0.253 e. The molecule has 0 N–H and O–H groups in total. The Kier molecular flexibility index (Phi) is 3.81. The fourth-order valence-electron chi connectivity index (χ4n) is 4.50. The summed E-state index contributed by atoms with van der Waals surface area (Å²) in [4.78, 5) is 30.3. The van der Waals surface area contributed by atoms with Crippen molar-refractivity contribution >= 4 is 40.7 Å². The summed E-state index contributed by atoms with van der Waals surface area (Å²) in [7, 11) is 0. The monoisotopic (exact) mass is 382 g/mol. The third-order valence-electron chi connectivity index (χ3n) is 5.33. The van der Waals surface area contributed by atoms with Gasteiger partial charge in [-0.25, -0.2) is 0 Å². The van der Waals surface area contributed by atoms with Crippen LogP contribution in [0, 0.1) is 0 Å². The number of hydrogen-bond acceptors (Lipinski definition) is 2. The molecule has 2 aliphatic rings. The minimum atomic E-state index is -0.966. The van der Waals surface area contributed by atoms with Gasteiger partial charge in [-0.05, 0) is 52.3 Å². The largest absolute Gasteiger partial charge is 0.322 e. The van der Waals surface area contributed by atoms with Gasteiger partial charge < -0.3 is 4.90 Å². The zero-order chi connectivity index (χ0) is 19.1. The van der Waals surface area contributed by atoms with Gasteiger partial charge in [0.05, 0.1) is 10.7 Å². The minimum absolute atomic E-state index is 0.0644. The predicted molar refractivity (Wildman–Crippen MR) is 101 cm³/mol. The lowest BCUT2D eigenvalue weighted by Crippen LogP contribution is -2.74. The number of amides is 2. The van der Waals surface area contributed by atoms with E-state index in [9.17, 15) is 9.59 Å². The van der Waals surface area contributed by atoms with Gasteiger partial charge >= 0.3 is 0 Å². The Morgan fingerprint density at radius 3 is 2.12 bits per heavy atom. The first-order chi connectivity index (χ1) is 11.2. The molecule has 4 nitrogen and oxygen atoms in total. The lowest BCUT2D eigenvalue weighted by molar-refractivity contribution is -0.160. The number of fused-ring (bicyclic) bond motifs is 3. The first kappa shape index (κ1) is 18.5. The van der Waals surface area contributed by atoms with E-state index in [0.29, 0.717) is 15.7 Å². The van der Waals surface area contributed by atoms with Crippen LogP contribution in [0.4, 0.5) is 5.69 Å². The van der Waals surface area contributed by atoms with E-state index in [4.69, 9.17) is 23.2 Å². The smallest absolute Gasteiger partial charge is 0.253 e. The summed E-state index contributed by atoms with van der Waals surface area (Å²) in [6, 6.07) is 2.82. The summed E-state index contributed by atoms with van der Waals surface area (Å²) < 4.78 is 0. The van der Waals surface area contributed by atoms with Crippen molar-refractivity contribution in [1.82, 2.24) is 4.90 Å². The molecule has 0 bridgehead atoms. The fourth-order valence-corrected chi connectivity index (χ4v) is 5.08. The molecule has 2 amide bonds. The van der Waals surface area contributed by atoms with Gasteiger partial charge in [-0.3, -0.25) is 14.5 Å². The van der Waals surface area contributed by atoms with Crippen molar-refractivity contribution in [3.63, 3.8) is 0 Å². The van der Waals surface area contributed by atoms with Gasteiger partial charge in [-0.1, -0.05) is 37.0 Å². The Morgan fingerprint density at radius 2 is 1.60 bits per heavy atom. The molecule has 0 radical (unpaired) electrons. The van der Waals surface area contributed by atoms with Gasteiger partial charge in [0.25, 0.3) is 5.91 Å². The normalized spacial score (nSPS) is 24.4. The first-order valence-electron chi connectivity index (χ1n) is 8.39. The molecule has 2 aliphatic heterocycles. The van der Waals surface area contributed by atoms with Crippen molar-refractivity contribution in [1.29, 1.82) is 0 Å². The Labute approximate surface area is 159 Å². The van der Waals surface area contributed by atoms with Crippen molar-refractivity contribution in [3.8, 4) is 0 Å². The van der Waals surface area contributed by atoms with Crippen molar-refractivity contribution in [2.24, 2.45) is 0 Å². The first-order valence-corrected chi connectivity index (χ1v) is 9.15. The molecular formula is C19H24Cl2N2O2. The summed E-state index contributed by atoms with van der Waals surface area (Å²) in [6.07, 6.45) is 0. The lowest BCUT2D eigenvalue weighted by Gasteiger charge is -2.54. The number of carbonyl (C=O) groups excluding carboxylic acids is 2. The molecule has 0 saturated carbocycles. The number of piperazine rings is 1. The van der Waals surface area contributed by atoms with Crippen LogP contribution >= 0.6 is 23.2 Å². The Bertz CT molecular complexity index is 793. The highest BCUT2D eigenvalue weighted by Gasteiger charge is 2.62. The van der Waals surface area contributed by atoms with Crippen molar-refractivity contribution in [3.05, 3.63) is 27.7 Å². The molecule has 1 saturated heterocycles. The molecular weight excluding hydrogens is 359 g/mol. The highest BCUT2D eigenvalue weighted by Crippen LogP contribution is 2.53. The van der Waals surface area contributed by atoms with Gasteiger partial charge in [-0.15, -0.1) is 0 Å². The maximum absolute atomic E-state index is 13.6. The molecule has 0 aromatic heterocycles. The molecule has 2 heterocycles. The molecule has 1 fully saturated rings. The van der Waals surface area contributed by atoms with E-state index in [1.807, 2.05) is 40.7 Å². The van der Waals surface area contributed by atoms with Crippen molar-refractivity contribution < 1.29 is 9.59 Å². The van der Waals surface area contributed by atoms with Gasteiger partial charge in [0.15, 0.2) is 0 Å². The lowest BCUT2D eigenvalue weighted by atomic mass is 9.77. The van der Waals surface area contributed by atoms with E-state index in [0.717, 1.165) is 5.56 Å². The molecule has 1 aromatic carbocycles. The predicted octanol–water partition coefficient (Wildman–Crippen LogP) is 4.41. The van der Waals surface area contributed by atoms with Crippen LogP contribution in [0.2, 0.25) is 10.0 Å². The van der Waals surface area contributed by atoms with Crippen LogP contribution in [-0.4, -0.2) is 33.8 Å². The molecule has 0 aliphatic carbocycles. The zero-order valence-electron chi connectivity index (χ0n) is 15.7. The van der Waals surface area contributed by atoms with E-state index in [1.165, 1.54) is 0 Å². The Balaban J connectivity index is 2.30. The second-order valence-corrected chi connectivity index (χ2v) is 9.83. The number of nitrogens with zero attached hydrogens (tertiary/aromatic N) is 2. The SMILES string of the molecule is CC1(C)c2cc(Cl)cc(Cl)c2N2C(=O)C(C)(C)N(C(C)(C)C)C(=O)C21. The Morgan fingerprint density at radius 1 is 1.04 bits per heavy atom. The van der Waals surface area contributed by atoms with Crippen LogP contribution in [-0.2, 0) is 15.0 Å². The molecule has 1 unspecified atom stereocenters. The zero-order valence-corrected chi connectivity index (χ0v) is 17.2. The Hall–Kier alpha value is -1.26. The van der Waals surface area contributed by atoms with E-state index < -0.39 is 22.5 Å². The number of carbonyl (C=O) groups is 2. The molecule has 6 heteroatoms. The fraction of sp³-hybridized carbons (Fsp3) is 0.579. The number of anilines is 1. The summed E-state index contributed by atoms with van der Waals surface area (Å²) >= 11 is 12.7. The molecule has 136 valence electrons. The quantitative estimate of drug-likeness (QED) is 0.666. The minimum Gasteiger partial charge on any atom is -0.322 e. The second kappa shape index (κ2) is 5.14. The standard InChI is InChI=1S/C19H24Cl2N2O2/c1-17(2,3)23-15(24)14-18(4,5)11-8-10(20)9-12(21)13(11)22(14)16(25)19(23,6)7/h8-9,14H,1-7H3. The van der Waals surface area contributed by atoms with Crippen LogP contribution in [0.15, 0.2) is 12.1 Å². The third-order valence-corrected chi connectivity index (χ3v) is 5.84. The summed E-state index contributed by atoms with van der Waals surface area (Å²) in [5.41, 5.74) is -0.582. The topological polar surface area (TPSA) is 40.6 Å². The van der Waals surface area contributed by atoms with Crippen LogP contribution in [0.1, 0.15) is 54.0 Å². The average Bonchev–Trinajstić information content (AvgIpc) is 2.63. The third kappa shape index (κ3) is 2.33. The summed E-state index contributed by atoms with van der Waals surface area (Å²) in [5.74, 6) is -0.187. The highest BCUT2D eigenvalue weighted by atomic mass is 35.5. The van der Waals surface area contributed by atoms with E-state index in [2.05, 4.69) is 0 Å². The molecule has 25 heavy (non-hydrogen) atoms. The van der Waals surface area contributed by atoms with Crippen LogP contribution < -0.4 is 4.90 Å². The number of rotatable bonds is 0. The van der Waals surface area contributed by atoms with E-state index in [-0.39, 0.29) is 11.8 Å². The number of hydrogen-bond donors (Lipinski definition) is 0. The van der Waals surface area contributed by atoms with Gasteiger partial charge in [0.1, 0.15) is 11.6 Å². The van der Waals surface area contributed by atoms with Gasteiger partial charge in [-0.2, -0.15) is 0 Å². The van der Waals surface area contributed by atoms with Crippen molar-refractivity contribution in [2.75, 3.05) is 4.90 Å². The molecule has 3 rings (SSSR count). The van der Waals surface area contributed by atoms with Crippen LogP contribution in [0.25, 0.3) is 0 Å². The molecule has 1 aromatic rings. The van der Waals surface area contributed by atoms with E-state index >= 15 is 0 Å². The molecule has 1 atom stereocenters. The summed E-state index contributed by atoms with van der Waals surface area (Å²) in [6.45, 7) is 13.4. The highest BCUT2D eigenvalue weighted by molar-refractivity contribution is 6.37. The van der Waals surface area contributed by atoms with Crippen molar-refractivity contribution in [2.45, 2.75) is 71.0 Å². The number of halogens is 2. The molecule has 0 spiro atoms. The van der Waals surface area contributed by atoms with Gasteiger partial charge in [0.2, 0.25) is 5.91 Å². The van der Waals surface area contributed by atoms with Gasteiger partial charge in [0, 0.05) is 16.0 Å². The van der Waals surface area contributed by atoms with Crippen LogP contribution in [0.3, 0.4) is 0 Å². The average molecular weight is 383 g/mol. The maximum atomic E-state index is 13.6.